The van der Waals surface area contributed by atoms with E-state index in [1.807, 2.05) is 14.0 Å². The Bertz CT molecular complexity index is 548. The van der Waals surface area contributed by atoms with Crippen molar-refractivity contribution in [2.75, 3.05) is 32.1 Å². The first-order valence-electron chi connectivity index (χ1n) is 6.09. The number of hydrogen-bond donors (Lipinski definition) is 2. The van der Waals surface area contributed by atoms with Crippen LogP contribution in [0.5, 0.6) is 0 Å². The quantitative estimate of drug-likeness (QED) is 0.585. The van der Waals surface area contributed by atoms with E-state index in [0.717, 1.165) is 0 Å². The minimum absolute atomic E-state index is 0.0192. The molecule has 0 aliphatic carbocycles. The first kappa shape index (κ1) is 14.2. The van der Waals surface area contributed by atoms with Crippen LogP contribution in [0.1, 0.15) is 6.92 Å². The normalized spacial score (nSPS) is 22.4. The average Bonchev–Trinajstić information content (AvgIpc) is 2.41. The van der Waals surface area contributed by atoms with Gasteiger partial charge in [-0.1, -0.05) is 0 Å². The van der Waals surface area contributed by atoms with E-state index < -0.39 is 10.0 Å². The summed E-state index contributed by atoms with van der Waals surface area (Å²) in [6.07, 6.45) is 1.45. The monoisotopic (exact) mass is 285 g/mol. The fourth-order valence-corrected chi connectivity index (χ4v) is 3.64. The Hall–Kier alpha value is -1.22. The van der Waals surface area contributed by atoms with Crippen LogP contribution < -0.4 is 11.3 Å². The van der Waals surface area contributed by atoms with E-state index in [1.54, 1.807) is 12.1 Å². The van der Waals surface area contributed by atoms with Crippen molar-refractivity contribution >= 4 is 15.7 Å². The topological polar surface area (TPSA) is 91.6 Å². The number of nitrogens with one attached hydrogen (secondary N) is 1. The predicted octanol–water partition coefficient (Wildman–Crippen LogP) is -0.308. The summed E-state index contributed by atoms with van der Waals surface area (Å²) in [5, 5.41) is -0.0192. The lowest BCUT2D eigenvalue weighted by Gasteiger charge is -2.36. The van der Waals surface area contributed by atoms with Gasteiger partial charge in [-0.15, -0.1) is 0 Å². The van der Waals surface area contributed by atoms with Crippen LogP contribution in [0.4, 0.5) is 5.69 Å². The number of piperazine rings is 1. The van der Waals surface area contributed by atoms with Crippen LogP contribution in [-0.4, -0.2) is 55.3 Å². The van der Waals surface area contributed by atoms with Crippen LogP contribution >= 0.6 is 0 Å². The number of hydrazine groups is 1. The molecule has 0 bridgehead atoms. The Morgan fingerprint density at radius 2 is 2.21 bits per heavy atom. The first-order valence-corrected chi connectivity index (χ1v) is 7.53. The highest BCUT2D eigenvalue weighted by molar-refractivity contribution is 7.89. The molecule has 0 spiro atoms. The summed E-state index contributed by atoms with van der Waals surface area (Å²) in [4.78, 5) is 6.09. The Labute approximate surface area is 113 Å². The summed E-state index contributed by atoms with van der Waals surface area (Å²) in [5.74, 6) is 5.35. The number of likely N-dealkylation sites (N-methyl/N-ethyl adjacent to an activating group) is 1. The number of pyridine rings is 1. The zero-order valence-corrected chi connectivity index (χ0v) is 11.9. The number of anilines is 1. The standard InChI is InChI=1S/C11H19N5O2S/c1-9-8-16(7-6-15(9)2)19(17,18)11-10(14-12)4-3-5-13-11/h3-5,9,14H,6-8,12H2,1-2H3. The lowest BCUT2D eigenvalue weighted by atomic mass is 10.2. The molecule has 2 heterocycles. The fourth-order valence-electron chi connectivity index (χ4n) is 2.06. The average molecular weight is 285 g/mol. The zero-order valence-electron chi connectivity index (χ0n) is 11.1. The molecule has 0 saturated carbocycles. The fraction of sp³-hybridized carbons (Fsp3) is 0.545. The highest BCUT2D eigenvalue weighted by atomic mass is 32.2. The van der Waals surface area contributed by atoms with Crippen molar-refractivity contribution < 1.29 is 8.42 Å². The number of nitrogen functional groups attached to an aromatic ring is 1. The molecule has 1 atom stereocenters. The second-order valence-electron chi connectivity index (χ2n) is 4.69. The summed E-state index contributed by atoms with van der Waals surface area (Å²) in [5.41, 5.74) is 2.70. The second kappa shape index (κ2) is 5.41. The van der Waals surface area contributed by atoms with Crippen molar-refractivity contribution in [3.63, 3.8) is 0 Å². The van der Waals surface area contributed by atoms with Gasteiger partial charge in [0.25, 0.3) is 10.0 Å². The van der Waals surface area contributed by atoms with E-state index >= 15 is 0 Å². The number of aromatic nitrogens is 1. The van der Waals surface area contributed by atoms with Gasteiger partial charge in [-0.2, -0.15) is 4.31 Å². The van der Waals surface area contributed by atoms with Gasteiger partial charge < -0.3 is 10.3 Å². The molecule has 0 radical (unpaired) electrons. The highest BCUT2D eigenvalue weighted by Gasteiger charge is 2.33. The number of sulfonamides is 1. The van der Waals surface area contributed by atoms with Gasteiger partial charge >= 0.3 is 0 Å². The van der Waals surface area contributed by atoms with Crippen molar-refractivity contribution in [1.29, 1.82) is 0 Å². The van der Waals surface area contributed by atoms with E-state index in [-0.39, 0.29) is 11.1 Å². The molecular weight excluding hydrogens is 266 g/mol. The smallest absolute Gasteiger partial charge is 0.262 e. The highest BCUT2D eigenvalue weighted by Crippen LogP contribution is 2.23. The number of nitrogens with zero attached hydrogens (tertiary/aromatic N) is 3. The van der Waals surface area contributed by atoms with Crippen molar-refractivity contribution in [3.05, 3.63) is 18.3 Å². The number of nitrogens with two attached hydrogens (primary N) is 1. The molecule has 1 aromatic heterocycles. The van der Waals surface area contributed by atoms with E-state index in [1.165, 1.54) is 10.5 Å². The van der Waals surface area contributed by atoms with Gasteiger partial charge in [-0.3, -0.25) is 5.84 Å². The van der Waals surface area contributed by atoms with Crippen molar-refractivity contribution in [3.8, 4) is 0 Å². The summed E-state index contributed by atoms with van der Waals surface area (Å²) in [6, 6.07) is 3.42. The van der Waals surface area contributed by atoms with E-state index in [2.05, 4.69) is 15.3 Å². The number of rotatable bonds is 3. The van der Waals surface area contributed by atoms with E-state index in [4.69, 9.17) is 5.84 Å². The molecule has 1 unspecified atom stereocenters. The predicted molar refractivity (Wildman–Crippen MR) is 72.9 cm³/mol. The maximum atomic E-state index is 12.6. The SMILES string of the molecule is CC1CN(S(=O)(=O)c2ncccc2NN)CCN1C. The molecule has 3 N–H and O–H groups in total. The van der Waals surface area contributed by atoms with Gasteiger partial charge in [0.2, 0.25) is 0 Å². The Balaban J connectivity index is 2.32. The lowest BCUT2D eigenvalue weighted by Crippen LogP contribution is -2.52. The Morgan fingerprint density at radius 3 is 2.84 bits per heavy atom. The third-order valence-electron chi connectivity index (χ3n) is 3.43. The van der Waals surface area contributed by atoms with E-state index in [9.17, 15) is 8.42 Å². The van der Waals surface area contributed by atoms with Gasteiger partial charge in [0.15, 0.2) is 5.03 Å². The maximum absolute atomic E-state index is 12.6. The van der Waals surface area contributed by atoms with E-state index in [0.29, 0.717) is 25.3 Å². The van der Waals surface area contributed by atoms with Crippen LogP contribution in [0.15, 0.2) is 23.4 Å². The van der Waals surface area contributed by atoms with Crippen molar-refractivity contribution in [1.82, 2.24) is 14.2 Å². The molecule has 2 rings (SSSR count). The summed E-state index contributed by atoms with van der Waals surface area (Å²) < 4.78 is 26.6. The number of hydrogen-bond acceptors (Lipinski definition) is 6. The van der Waals surface area contributed by atoms with Crippen LogP contribution in [0.2, 0.25) is 0 Å². The minimum atomic E-state index is -3.61. The van der Waals surface area contributed by atoms with Gasteiger partial charge in [0.05, 0.1) is 5.69 Å². The summed E-state index contributed by atoms with van der Waals surface area (Å²) in [6.45, 7) is 3.63. The minimum Gasteiger partial charge on any atom is -0.321 e. The third-order valence-corrected chi connectivity index (χ3v) is 5.26. The van der Waals surface area contributed by atoms with Crippen molar-refractivity contribution in [2.24, 2.45) is 5.84 Å². The van der Waals surface area contributed by atoms with Gasteiger partial charge in [-0.25, -0.2) is 13.4 Å². The molecule has 19 heavy (non-hydrogen) atoms. The van der Waals surface area contributed by atoms with Crippen molar-refractivity contribution in [2.45, 2.75) is 18.0 Å². The van der Waals surface area contributed by atoms with Crippen LogP contribution in [0.25, 0.3) is 0 Å². The van der Waals surface area contributed by atoms with Crippen LogP contribution in [0.3, 0.4) is 0 Å². The first-order chi connectivity index (χ1) is 8.96. The maximum Gasteiger partial charge on any atom is 0.262 e. The lowest BCUT2D eigenvalue weighted by molar-refractivity contribution is 0.159. The molecule has 1 fully saturated rings. The third kappa shape index (κ3) is 2.71. The molecule has 1 aliphatic heterocycles. The molecule has 0 aromatic carbocycles. The Morgan fingerprint density at radius 1 is 1.47 bits per heavy atom. The van der Waals surface area contributed by atoms with Crippen LogP contribution in [-0.2, 0) is 10.0 Å². The molecule has 106 valence electrons. The largest absolute Gasteiger partial charge is 0.321 e. The summed E-state index contributed by atoms with van der Waals surface area (Å²) in [7, 11) is -1.62. The molecule has 1 aliphatic rings. The second-order valence-corrected chi connectivity index (χ2v) is 6.55. The van der Waals surface area contributed by atoms with Gasteiger partial charge in [-0.05, 0) is 26.1 Å². The molecule has 8 heteroatoms. The van der Waals surface area contributed by atoms with Gasteiger partial charge in [0.1, 0.15) is 0 Å². The molecule has 0 amide bonds. The molecule has 7 nitrogen and oxygen atoms in total. The Kier molecular flexibility index (Phi) is 4.04. The van der Waals surface area contributed by atoms with Gasteiger partial charge in [0, 0.05) is 31.9 Å². The zero-order chi connectivity index (χ0) is 14.0. The molecular formula is C11H19N5O2S. The van der Waals surface area contributed by atoms with Crippen LogP contribution in [0, 0.1) is 0 Å². The molecule has 1 aromatic rings. The summed E-state index contributed by atoms with van der Waals surface area (Å²) >= 11 is 0. The molecule has 1 saturated heterocycles.